The highest BCUT2D eigenvalue weighted by atomic mass is 19.4. The van der Waals surface area contributed by atoms with Crippen LogP contribution in [0.4, 0.5) is 18.0 Å². The van der Waals surface area contributed by atoms with E-state index in [1.165, 1.54) is 14.1 Å². The summed E-state index contributed by atoms with van der Waals surface area (Å²) in [5, 5.41) is 18.5. The first-order chi connectivity index (χ1) is 18.2. The minimum Gasteiger partial charge on any atom is -0.391 e. The van der Waals surface area contributed by atoms with Crippen LogP contribution in [0, 0.1) is 0 Å². The lowest BCUT2D eigenvalue weighted by Gasteiger charge is -2.15. The zero-order valence-corrected chi connectivity index (χ0v) is 21.3. The summed E-state index contributed by atoms with van der Waals surface area (Å²) in [7, 11) is 2.94. The number of aromatic nitrogens is 6. The average Bonchev–Trinajstić information content (AvgIpc) is 3.52. The SMILES string of the molecule is CCCCc1nn(CC(F)(F)F)c(OC(=O)N(C)C)c1Cc1ccc(-c2ccccc2-c2nn[nH]n2)cc1. The van der Waals surface area contributed by atoms with E-state index < -0.39 is 18.8 Å². The van der Waals surface area contributed by atoms with Crippen LogP contribution in [0.5, 0.6) is 5.88 Å². The number of aryl methyl sites for hydroxylation is 1. The zero-order chi connectivity index (χ0) is 27.3. The second kappa shape index (κ2) is 11.4. The molecule has 1 N–H and O–H groups in total. The average molecular weight is 528 g/mol. The number of hydrogen-bond acceptors (Lipinski definition) is 6. The molecule has 0 saturated carbocycles. The van der Waals surface area contributed by atoms with Crippen LogP contribution in [-0.4, -0.2) is 61.7 Å². The van der Waals surface area contributed by atoms with E-state index in [4.69, 9.17) is 4.74 Å². The number of hydrogen-bond donors (Lipinski definition) is 1. The fourth-order valence-corrected chi connectivity index (χ4v) is 4.03. The van der Waals surface area contributed by atoms with Gasteiger partial charge in [-0.25, -0.2) is 9.48 Å². The normalized spacial score (nSPS) is 11.5. The predicted molar refractivity (Wildman–Crippen MR) is 134 cm³/mol. The number of benzene rings is 2. The summed E-state index contributed by atoms with van der Waals surface area (Å²) in [5.74, 6) is 0.285. The van der Waals surface area contributed by atoms with Crippen LogP contribution < -0.4 is 4.74 Å². The highest BCUT2D eigenvalue weighted by molar-refractivity contribution is 5.80. The topological polar surface area (TPSA) is 102 Å². The van der Waals surface area contributed by atoms with E-state index in [9.17, 15) is 18.0 Å². The number of nitrogens with zero attached hydrogens (tertiary/aromatic N) is 6. The summed E-state index contributed by atoms with van der Waals surface area (Å²) in [6, 6.07) is 15.3. The number of carbonyl (C=O) groups excluding carboxylic acids is 1. The van der Waals surface area contributed by atoms with Gasteiger partial charge in [0.1, 0.15) is 6.54 Å². The molecule has 200 valence electrons. The van der Waals surface area contributed by atoms with Crippen molar-refractivity contribution < 1.29 is 22.7 Å². The fourth-order valence-electron chi connectivity index (χ4n) is 4.03. The van der Waals surface area contributed by atoms with E-state index >= 15 is 0 Å². The Kier molecular flexibility index (Phi) is 8.08. The zero-order valence-electron chi connectivity index (χ0n) is 21.3. The van der Waals surface area contributed by atoms with Gasteiger partial charge in [0.2, 0.25) is 11.7 Å². The van der Waals surface area contributed by atoms with Crippen molar-refractivity contribution in [3.05, 3.63) is 65.4 Å². The second-order valence-corrected chi connectivity index (χ2v) is 9.02. The lowest BCUT2D eigenvalue weighted by atomic mass is 9.96. The molecule has 0 atom stereocenters. The summed E-state index contributed by atoms with van der Waals surface area (Å²) in [4.78, 5) is 13.5. The first-order valence-electron chi connectivity index (χ1n) is 12.1. The van der Waals surface area contributed by atoms with E-state index in [0.29, 0.717) is 23.5 Å². The van der Waals surface area contributed by atoms with Gasteiger partial charge in [0, 0.05) is 31.6 Å². The molecule has 0 aliphatic carbocycles. The number of H-pyrrole nitrogens is 1. The number of tetrazole rings is 1. The molecule has 0 saturated heterocycles. The monoisotopic (exact) mass is 527 g/mol. The molecule has 0 aliphatic heterocycles. The molecule has 0 unspecified atom stereocenters. The van der Waals surface area contributed by atoms with Gasteiger partial charge in [-0.2, -0.15) is 23.5 Å². The van der Waals surface area contributed by atoms with Crippen LogP contribution in [0.15, 0.2) is 48.5 Å². The van der Waals surface area contributed by atoms with E-state index in [-0.39, 0.29) is 12.3 Å². The van der Waals surface area contributed by atoms with Crippen LogP contribution in [0.1, 0.15) is 36.6 Å². The van der Waals surface area contributed by atoms with Gasteiger partial charge in [-0.3, -0.25) is 0 Å². The third-order valence-electron chi connectivity index (χ3n) is 5.89. The van der Waals surface area contributed by atoms with Gasteiger partial charge in [0.25, 0.3) is 0 Å². The number of rotatable bonds is 9. The maximum Gasteiger partial charge on any atom is 0.416 e. The molecule has 4 rings (SSSR count). The maximum absolute atomic E-state index is 13.4. The molecule has 1 amide bonds. The number of ether oxygens (including phenoxy) is 1. The van der Waals surface area contributed by atoms with Crippen LogP contribution in [0.25, 0.3) is 22.5 Å². The Morgan fingerprint density at radius 3 is 2.39 bits per heavy atom. The Balaban J connectivity index is 1.70. The molecule has 0 spiro atoms. The molecule has 0 radical (unpaired) electrons. The second-order valence-electron chi connectivity index (χ2n) is 9.02. The highest BCUT2D eigenvalue weighted by Crippen LogP contribution is 2.33. The van der Waals surface area contributed by atoms with Crippen LogP contribution in [0.3, 0.4) is 0 Å². The summed E-state index contributed by atoms with van der Waals surface area (Å²) in [6.45, 7) is 0.637. The summed E-state index contributed by atoms with van der Waals surface area (Å²) < 4.78 is 46.2. The van der Waals surface area contributed by atoms with Crippen molar-refractivity contribution in [2.24, 2.45) is 0 Å². The van der Waals surface area contributed by atoms with Gasteiger partial charge >= 0.3 is 12.3 Å². The molecule has 2 aromatic carbocycles. The Hall–Kier alpha value is -4.22. The molecular weight excluding hydrogens is 499 g/mol. The number of unbranched alkanes of at least 4 members (excludes halogenated alkanes) is 1. The first-order valence-corrected chi connectivity index (χ1v) is 12.1. The lowest BCUT2D eigenvalue weighted by molar-refractivity contribution is -0.143. The Morgan fingerprint density at radius 1 is 1.08 bits per heavy atom. The maximum atomic E-state index is 13.4. The largest absolute Gasteiger partial charge is 0.416 e. The van der Waals surface area contributed by atoms with Crippen molar-refractivity contribution in [1.82, 2.24) is 35.3 Å². The van der Waals surface area contributed by atoms with Crippen molar-refractivity contribution in [3.63, 3.8) is 0 Å². The summed E-state index contributed by atoms with van der Waals surface area (Å²) >= 11 is 0. The third-order valence-corrected chi connectivity index (χ3v) is 5.89. The minimum atomic E-state index is -4.53. The van der Waals surface area contributed by atoms with Crippen molar-refractivity contribution >= 4 is 6.09 Å². The molecule has 0 fully saturated rings. The standard InChI is InChI=1S/C26H28F3N7O2/c1-4-5-10-22-21(24(38-25(37)35(2)3)36(32-22)16-26(27,28)29)15-17-11-13-18(14-12-17)19-8-6-7-9-20(19)23-30-33-34-31-23/h6-9,11-14H,4-5,10,15-16H2,1-3H3,(H,30,31,33,34). The third kappa shape index (κ3) is 6.36. The van der Waals surface area contributed by atoms with E-state index in [1.54, 1.807) is 0 Å². The van der Waals surface area contributed by atoms with Crippen molar-refractivity contribution in [3.8, 4) is 28.4 Å². The number of carbonyl (C=O) groups is 1. The van der Waals surface area contributed by atoms with Gasteiger partial charge in [-0.05, 0) is 34.7 Å². The molecule has 0 aliphatic rings. The molecule has 9 nitrogen and oxygen atoms in total. The lowest BCUT2D eigenvalue weighted by Crippen LogP contribution is -2.28. The van der Waals surface area contributed by atoms with Gasteiger partial charge in [0.15, 0.2) is 0 Å². The highest BCUT2D eigenvalue weighted by Gasteiger charge is 2.33. The smallest absolute Gasteiger partial charge is 0.391 e. The Labute approximate surface area is 217 Å². The Bertz CT molecular complexity index is 1360. The van der Waals surface area contributed by atoms with Crippen LogP contribution >= 0.6 is 0 Å². The van der Waals surface area contributed by atoms with E-state index in [1.807, 2.05) is 55.5 Å². The van der Waals surface area contributed by atoms with Gasteiger partial charge in [-0.15, -0.1) is 10.2 Å². The first kappa shape index (κ1) is 26.8. The molecular formula is C26H28F3N7O2. The Morgan fingerprint density at radius 2 is 1.79 bits per heavy atom. The van der Waals surface area contributed by atoms with Crippen molar-refractivity contribution in [1.29, 1.82) is 0 Å². The number of amides is 1. The van der Waals surface area contributed by atoms with Crippen molar-refractivity contribution in [2.45, 2.75) is 45.3 Å². The van der Waals surface area contributed by atoms with Gasteiger partial charge in [-0.1, -0.05) is 61.9 Å². The summed E-state index contributed by atoms with van der Waals surface area (Å²) in [6.07, 6.45) is -3.00. The quantitative estimate of drug-likeness (QED) is 0.318. The molecule has 12 heteroatoms. The predicted octanol–water partition coefficient (Wildman–Crippen LogP) is 5.29. The molecule has 0 bridgehead atoms. The number of aromatic amines is 1. The molecule has 2 aromatic heterocycles. The van der Waals surface area contributed by atoms with Crippen LogP contribution in [0.2, 0.25) is 0 Å². The molecule has 2 heterocycles. The van der Waals surface area contributed by atoms with E-state index in [0.717, 1.165) is 44.7 Å². The van der Waals surface area contributed by atoms with Gasteiger partial charge < -0.3 is 9.64 Å². The molecule has 38 heavy (non-hydrogen) atoms. The number of alkyl halides is 3. The number of halogens is 3. The van der Waals surface area contributed by atoms with Crippen molar-refractivity contribution in [2.75, 3.05) is 14.1 Å². The number of nitrogens with one attached hydrogen (secondary N) is 1. The fraction of sp³-hybridized carbons (Fsp3) is 0.346. The summed E-state index contributed by atoms with van der Waals surface area (Å²) in [5.41, 5.74) is 4.41. The van der Waals surface area contributed by atoms with E-state index in [2.05, 4.69) is 25.7 Å². The minimum absolute atomic E-state index is 0.182. The van der Waals surface area contributed by atoms with Gasteiger partial charge in [0.05, 0.1) is 5.69 Å². The molecule has 4 aromatic rings. The van der Waals surface area contributed by atoms with Crippen LogP contribution in [-0.2, 0) is 19.4 Å².